The fraction of sp³-hybridized carbons (Fsp3) is 0.333. The predicted octanol–water partition coefficient (Wildman–Crippen LogP) is 1.48. The number of carboxylic acids is 1. The summed E-state index contributed by atoms with van der Waals surface area (Å²) in [6, 6.07) is 1.82. The number of alkyl halides is 1. The van der Waals surface area contributed by atoms with Crippen molar-refractivity contribution in [2.24, 2.45) is 0 Å². The Bertz CT molecular complexity index is 396. The van der Waals surface area contributed by atoms with Gasteiger partial charge in [-0.15, -0.1) is 11.3 Å². The maximum atomic E-state index is 12.2. The van der Waals surface area contributed by atoms with E-state index in [4.69, 9.17) is 16.7 Å². The van der Waals surface area contributed by atoms with E-state index in [0.29, 0.717) is 9.21 Å². The van der Waals surface area contributed by atoms with Gasteiger partial charge in [-0.25, -0.2) is 9.18 Å². The van der Waals surface area contributed by atoms with Gasteiger partial charge in [0.15, 0.2) is 6.04 Å². The Hall–Kier alpha value is -1.14. The highest BCUT2D eigenvalue weighted by molar-refractivity contribution is 7.16. The number of thiophene rings is 1. The third-order valence-corrected chi connectivity index (χ3v) is 2.98. The molecule has 1 amide bonds. The van der Waals surface area contributed by atoms with Crippen molar-refractivity contribution < 1.29 is 19.1 Å². The van der Waals surface area contributed by atoms with Crippen molar-refractivity contribution in [1.82, 2.24) is 5.32 Å². The summed E-state index contributed by atoms with van der Waals surface area (Å²) in [5.41, 5.74) is 0. The van der Waals surface area contributed by atoms with Gasteiger partial charge in [-0.05, 0) is 12.1 Å². The number of amides is 1. The first-order chi connectivity index (χ1) is 7.52. The first-order valence-electron chi connectivity index (χ1n) is 4.35. The maximum Gasteiger partial charge on any atom is 0.328 e. The second kappa shape index (κ2) is 5.81. The molecule has 1 heterocycles. The van der Waals surface area contributed by atoms with Crippen LogP contribution in [0.2, 0.25) is 4.34 Å². The van der Waals surface area contributed by atoms with Gasteiger partial charge in [0, 0.05) is 4.88 Å². The number of carbonyl (C=O) groups excluding carboxylic acids is 1. The SMILES string of the molecule is O=C(Cc1ccc(Cl)s1)NC(CF)C(=O)O. The van der Waals surface area contributed by atoms with Gasteiger partial charge in [0.05, 0.1) is 10.8 Å². The fourth-order valence-corrected chi connectivity index (χ4v) is 2.10. The number of carbonyl (C=O) groups is 2. The highest BCUT2D eigenvalue weighted by atomic mass is 35.5. The molecule has 0 aromatic carbocycles. The lowest BCUT2D eigenvalue weighted by atomic mass is 10.3. The van der Waals surface area contributed by atoms with Crippen LogP contribution in [0.4, 0.5) is 4.39 Å². The monoisotopic (exact) mass is 265 g/mol. The Balaban J connectivity index is 2.50. The number of rotatable bonds is 5. The second-order valence-corrected chi connectivity index (χ2v) is 4.79. The molecule has 1 aromatic rings. The summed E-state index contributed by atoms with van der Waals surface area (Å²) in [6.45, 7) is -1.13. The Kier molecular flexibility index (Phi) is 4.70. The molecule has 7 heteroatoms. The number of nitrogens with one attached hydrogen (secondary N) is 1. The van der Waals surface area contributed by atoms with Crippen molar-refractivity contribution in [3.8, 4) is 0 Å². The van der Waals surface area contributed by atoms with E-state index < -0.39 is 24.6 Å². The standard InChI is InChI=1S/C9H9ClFNO3S/c10-7-2-1-5(16-7)3-8(13)12-6(4-11)9(14)15/h1-2,6H,3-4H2,(H,12,13)(H,14,15). The topological polar surface area (TPSA) is 66.4 Å². The van der Waals surface area contributed by atoms with Crippen molar-refractivity contribution in [1.29, 1.82) is 0 Å². The van der Waals surface area contributed by atoms with Gasteiger partial charge in [0.25, 0.3) is 0 Å². The lowest BCUT2D eigenvalue weighted by Gasteiger charge is -2.09. The van der Waals surface area contributed by atoms with Crippen LogP contribution in [0.25, 0.3) is 0 Å². The van der Waals surface area contributed by atoms with Gasteiger partial charge in [-0.2, -0.15) is 0 Å². The molecular weight excluding hydrogens is 257 g/mol. The zero-order chi connectivity index (χ0) is 12.1. The second-order valence-electron chi connectivity index (χ2n) is 3.00. The lowest BCUT2D eigenvalue weighted by molar-refractivity contribution is -0.142. The summed E-state index contributed by atoms with van der Waals surface area (Å²) < 4.78 is 12.7. The Morgan fingerprint density at radius 3 is 2.69 bits per heavy atom. The van der Waals surface area contributed by atoms with Crippen molar-refractivity contribution in [2.75, 3.05) is 6.67 Å². The zero-order valence-corrected chi connectivity index (χ0v) is 9.65. The van der Waals surface area contributed by atoms with E-state index in [0.717, 1.165) is 0 Å². The maximum absolute atomic E-state index is 12.2. The van der Waals surface area contributed by atoms with E-state index >= 15 is 0 Å². The first-order valence-corrected chi connectivity index (χ1v) is 5.54. The minimum Gasteiger partial charge on any atom is -0.480 e. The molecule has 0 aliphatic carbocycles. The van der Waals surface area contributed by atoms with Crippen LogP contribution in [-0.2, 0) is 16.0 Å². The molecule has 2 N–H and O–H groups in total. The average molecular weight is 266 g/mol. The van der Waals surface area contributed by atoms with Gasteiger partial charge < -0.3 is 10.4 Å². The summed E-state index contributed by atoms with van der Waals surface area (Å²) in [5.74, 6) is -1.93. The molecule has 88 valence electrons. The highest BCUT2D eigenvalue weighted by Gasteiger charge is 2.19. The molecule has 0 radical (unpaired) electrons. The van der Waals surface area contributed by atoms with Crippen molar-refractivity contribution >= 4 is 34.8 Å². The summed E-state index contributed by atoms with van der Waals surface area (Å²) in [4.78, 5) is 22.5. The molecule has 4 nitrogen and oxygen atoms in total. The highest BCUT2D eigenvalue weighted by Crippen LogP contribution is 2.21. The molecule has 0 bridgehead atoms. The average Bonchev–Trinajstić information content (AvgIpc) is 2.60. The third kappa shape index (κ3) is 3.79. The molecule has 0 fully saturated rings. The van der Waals surface area contributed by atoms with Gasteiger partial charge in [-0.1, -0.05) is 11.6 Å². The molecule has 0 saturated heterocycles. The number of aliphatic carboxylic acids is 1. The smallest absolute Gasteiger partial charge is 0.328 e. The fourth-order valence-electron chi connectivity index (χ4n) is 1.02. The molecule has 1 unspecified atom stereocenters. The summed E-state index contributed by atoms with van der Waals surface area (Å²) in [6.07, 6.45) is 0.00116. The van der Waals surface area contributed by atoms with Crippen LogP contribution in [0, 0.1) is 0 Å². The largest absolute Gasteiger partial charge is 0.480 e. The van der Waals surface area contributed by atoms with Crippen molar-refractivity contribution in [3.63, 3.8) is 0 Å². The Labute approximate surface area is 100 Å². The lowest BCUT2D eigenvalue weighted by Crippen LogP contribution is -2.42. The van der Waals surface area contributed by atoms with E-state index in [1.165, 1.54) is 11.3 Å². The van der Waals surface area contributed by atoms with Crippen LogP contribution in [-0.4, -0.2) is 29.7 Å². The molecule has 0 saturated carbocycles. The Morgan fingerprint density at radius 2 is 2.25 bits per heavy atom. The van der Waals surface area contributed by atoms with E-state index in [1.54, 1.807) is 12.1 Å². The van der Waals surface area contributed by atoms with Crippen LogP contribution in [0.5, 0.6) is 0 Å². The number of hydrogen-bond donors (Lipinski definition) is 2. The predicted molar refractivity (Wildman–Crippen MR) is 58.6 cm³/mol. The van der Waals surface area contributed by atoms with E-state index in [9.17, 15) is 14.0 Å². The van der Waals surface area contributed by atoms with E-state index in [-0.39, 0.29) is 6.42 Å². The van der Waals surface area contributed by atoms with Crippen LogP contribution in [0.3, 0.4) is 0 Å². The van der Waals surface area contributed by atoms with Gasteiger partial charge >= 0.3 is 5.97 Å². The molecular formula is C9H9ClFNO3S. The molecule has 1 atom stereocenters. The minimum absolute atomic E-state index is 0.00116. The third-order valence-electron chi connectivity index (χ3n) is 1.75. The summed E-state index contributed by atoms with van der Waals surface area (Å²) in [5, 5.41) is 10.6. The van der Waals surface area contributed by atoms with Gasteiger partial charge in [0.1, 0.15) is 6.67 Å². The number of halogens is 2. The van der Waals surface area contributed by atoms with Crippen LogP contribution < -0.4 is 5.32 Å². The van der Waals surface area contributed by atoms with Crippen LogP contribution in [0.1, 0.15) is 4.88 Å². The molecule has 16 heavy (non-hydrogen) atoms. The zero-order valence-electron chi connectivity index (χ0n) is 8.07. The molecule has 0 aliphatic rings. The van der Waals surface area contributed by atoms with Crippen molar-refractivity contribution in [2.45, 2.75) is 12.5 Å². The quantitative estimate of drug-likeness (QED) is 0.848. The molecule has 0 aliphatic heterocycles. The van der Waals surface area contributed by atoms with Crippen molar-refractivity contribution in [3.05, 3.63) is 21.3 Å². The van der Waals surface area contributed by atoms with E-state index in [1.807, 2.05) is 0 Å². The number of hydrogen-bond acceptors (Lipinski definition) is 3. The normalized spacial score (nSPS) is 12.1. The summed E-state index contributed by atoms with van der Waals surface area (Å²) >= 11 is 6.88. The van der Waals surface area contributed by atoms with Crippen LogP contribution in [0.15, 0.2) is 12.1 Å². The first kappa shape index (κ1) is 12.9. The van der Waals surface area contributed by atoms with E-state index in [2.05, 4.69) is 5.32 Å². The number of carboxylic acid groups (broad SMARTS) is 1. The molecule has 0 spiro atoms. The Morgan fingerprint density at radius 1 is 1.56 bits per heavy atom. The molecule has 1 aromatic heterocycles. The molecule has 1 rings (SSSR count). The van der Waals surface area contributed by atoms with Gasteiger partial charge in [-0.3, -0.25) is 4.79 Å². The van der Waals surface area contributed by atoms with Crippen LogP contribution >= 0.6 is 22.9 Å². The minimum atomic E-state index is -1.48. The summed E-state index contributed by atoms with van der Waals surface area (Å²) in [7, 11) is 0. The van der Waals surface area contributed by atoms with Gasteiger partial charge in [0.2, 0.25) is 5.91 Å².